The summed E-state index contributed by atoms with van der Waals surface area (Å²) >= 11 is 0. The summed E-state index contributed by atoms with van der Waals surface area (Å²) in [6.07, 6.45) is -0.352. The van der Waals surface area contributed by atoms with E-state index in [0.29, 0.717) is 23.0 Å². The van der Waals surface area contributed by atoms with Gasteiger partial charge in [0, 0.05) is 12.6 Å². The number of carbonyl (C=O) groups is 2. The molecule has 0 radical (unpaired) electrons. The molecule has 1 saturated carbocycles. The van der Waals surface area contributed by atoms with Crippen molar-refractivity contribution in [2.45, 2.75) is 25.4 Å². The first-order chi connectivity index (χ1) is 15.3. The Kier molecular flexibility index (Phi) is 7.63. The molecule has 0 aromatic carbocycles. The number of nitrogen functional groups attached to an aromatic ring is 1. The molecule has 0 atom stereocenters. The van der Waals surface area contributed by atoms with Crippen LogP contribution in [-0.4, -0.2) is 74.6 Å². The SMILES string of the molecule is Nc1nc(NC2CC2)c2ncn(CCOCP(=O)(OCOC(=O)O)OCOC(=O)O)c2n1. The second-order valence-electron chi connectivity index (χ2n) is 6.42. The number of carboxylic acid groups (broad SMARTS) is 2. The molecule has 1 aliphatic carbocycles. The van der Waals surface area contributed by atoms with E-state index in [9.17, 15) is 14.2 Å². The molecule has 1 fully saturated rings. The molecule has 5 N–H and O–H groups in total. The van der Waals surface area contributed by atoms with Gasteiger partial charge < -0.3 is 40.0 Å². The van der Waals surface area contributed by atoms with Crippen LogP contribution in [0.2, 0.25) is 0 Å². The van der Waals surface area contributed by atoms with Crippen LogP contribution in [0.15, 0.2) is 6.33 Å². The summed E-state index contributed by atoms with van der Waals surface area (Å²) < 4.78 is 37.3. The highest BCUT2D eigenvalue weighted by atomic mass is 31.2. The normalized spacial score (nSPS) is 13.8. The van der Waals surface area contributed by atoms with Gasteiger partial charge in [0.15, 0.2) is 17.0 Å². The first-order valence-corrected chi connectivity index (χ1v) is 10.9. The molecule has 0 spiro atoms. The summed E-state index contributed by atoms with van der Waals surface area (Å²) in [6.45, 7) is -1.60. The Balaban J connectivity index is 1.56. The number of ether oxygens (including phenoxy) is 3. The third kappa shape index (κ3) is 6.91. The predicted octanol–water partition coefficient (Wildman–Crippen LogP) is 1.49. The standard InChI is InChI=1S/C15H21N6O10P/c16-13-19-11(18-9-1-2-9)10-12(20-13)21(5-17-10)3-4-27-8-32(26,30-6-28-14(22)23)31-7-29-15(24)25/h5,9H,1-4,6-8H2,(H,22,23)(H,24,25)(H3,16,18,19,20). The number of imidazole rings is 1. The molecule has 0 aliphatic heterocycles. The minimum Gasteiger partial charge on any atom is -0.450 e. The number of nitrogens with one attached hydrogen (secondary N) is 1. The van der Waals surface area contributed by atoms with Gasteiger partial charge >= 0.3 is 19.9 Å². The average molecular weight is 476 g/mol. The number of nitrogens with zero attached hydrogens (tertiary/aromatic N) is 4. The van der Waals surface area contributed by atoms with Gasteiger partial charge in [-0.1, -0.05) is 0 Å². The van der Waals surface area contributed by atoms with E-state index < -0.39 is 39.8 Å². The van der Waals surface area contributed by atoms with Crippen molar-refractivity contribution in [2.24, 2.45) is 0 Å². The number of hydrogen-bond acceptors (Lipinski definition) is 13. The van der Waals surface area contributed by atoms with E-state index in [1.807, 2.05) is 0 Å². The second kappa shape index (κ2) is 10.4. The molecule has 2 aromatic heterocycles. The zero-order chi connectivity index (χ0) is 23.1. The van der Waals surface area contributed by atoms with E-state index in [0.717, 1.165) is 12.8 Å². The van der Waals surface area contributed by atoms with Crippen LogP contribution in [0, 0.1) is 0 Å². The first-order valence-electron chi connectivity index (χ1n) is 9.18. The zero-order valence-electron chi connectivity index (χ0n) is 16.6. The smallest absolute Gasteiger partial charge is 0.450 e. The van der Waals surface area contributed by atoms with E-state index in [2.05, 4.69) is 29.7 Å². The third-order valence-corrected chi connectivity index (χ3v) is 5.49. The lowest BCUT2D eigenvalue weighted by atomic mass is 10.4. The van der Waals surface area contributed by atoms with Gasteiger partial charge in [-0.3, -0.25) is 13.6 Å². The molecule has 0 saturated heterocycles. The number of hydrogen-bond donors (Lipinski definition) is 4. The largest absolute Gasteiger partial charge is 0.507 e. The Morgan fingerprint density at radius 1 is 1.19 bits per heavy atom. The van der Waals surface area contributed by atoms with Crippen LogP contribution < -0.4 is 11.1 Å². The molecule has 0 amide bonds. The van der Waals surface area contributed by atoms with Crippen molar-refractivity contribution in [3.63, 3.8) is 0 Å². The Morgan fingerprint density at radius 2 is 1.84 bits per heavy atom. The molecule has 0 bridgehead atoms. The maximum Gasteiger partial charge on any atom is 0.507 e. The summed E-state index contributed by atoms with van der Waals surface area (Å²) in [5.41, 5.74) is 6.80. The molecular formula is C15H21N6O10P. The van der Waals surface area contributed by atoms with Crippen LogP contribution in [0.4, 0.5) is 21.4 Å². The van der Waals surface area contributed by atoms with E-state index >= 15 is 0 Å². The van der Waals surface area contributed by atoms with E-state index in [4.69, 9.17) is 29.7 Å². The van der Waals surface area contributed by atoms with Crippen molar-refractivity contribution < 1.29 is 47.6 Å². The highest BCUT2D eigenvalue weighted by Gasteiger charge is 2.27. The molecule has 2 aromatic rings. The lowest BCUT2D eigenvalue weighted by Gasteiger charge is -2.17. The van der Waals surface area contributed by atoms with Crippen molar-refractivity contribution >= 4 is 42.8 Å². The lowest BCUT2D eigenvalue weighted by molar-refractivity contribution is -0.0122. The highest BCUT2D eigenvalue weighted by molar-refractivity contribution is 7.53. The van der Waals surface area contributed by atoms with Gasteiger partial charge in [0.1, 0.15) is 6.35 Å². The molecule has 1 aliphatic rings. The van der Waals surface area contributed by atoms with Crippen molar-refractivity contribution in [1.82, 2.24) is 19.5 Å². The molecule has 2 heterocycles. The summed E-state index contributed by atoms with van der Waals surface area (Å²) in [5.74, 6) is 0.615. The van der Waals surface area contributed by atoms with E-state index in [1.165, 1.54) is 6.33 Å². The average Bonchev–Trinajstić information content (AvgIpc) is 3.43. The molecule has 32 heavy (non-hydrogen) atoms. The minimum absolute atomic E-state index is 0.00294. The van der Waals surface area contributed by atoms with Gasteiger partial charge in [0.25, 0.3) is 0 Å². The predicted molar refractivity (Wildman–Crippen MR) is 105 cm³/mol. The van der Waals surface area contributed by atoms with Gasteiger partial charge in [-0.2, -0.15) is 9.97 Å². The topological polar surface area (TPSA) is 219 Å². The minimum atomic E-state index is -4.09. The lowest BCUT2D eigenvalue weighted by Crippen LogP contribution is -2.13. The quantitative estimate of drug-likeness (QED) is 0.139. The number of nitrogens with two attached hydrogens (primary N) is 1. The number of fused-ring (bicyclic) bond motifs is 1. The van der Waals surface area contributed by atoms with Gasteiger partial charge in [-0.05, 0) is 12.8 Å². The molecule has 176 valence electrons. The fraction of sp³-hybridized carbons (Fsp3) is 0.533. The van der Waals surface area contributed by atoms with Gasteiger partial charge in [-0.15, -0.1) is 0 Å². The maximum absolute atomic E-state index is 12.6. The van der Waals surface area contributed by atoms with Gasteiger partial charge in [0.05, 0.1) is 12.9 Å². The maximum atomic E-state index is 12.6. The summed E-state index contributed by atoms with van der Waals surface area (Å²) in [7, 11) is -4.09. The number of rotatable bonds is 13. The monoisotopic (exact) mass is 476 g/mol. The van der Waals surface area contributed by atoms with Crippen LogP contribution in [0.25, 0.3) is 11.2 Å². The fourth-order valence-electron chi connectivity index (χ4n) is 2.41. The van der Waals surface area contributed by atoms with Crippen LogP contribution >= 0.6 is 7.60 Å². The summed E-state index contributed by atoms with van der Waals surface area (Å²) in [5, 5.41) is 20.2. The first kappa shape index (κ1) is 23.5. The summed E-state index contributed by atoms with van der Waals surface area (Å²) in [4.78, 5) is 33.5. The Labute approximate surface area is 180 Å². The van der Waals surface area contributed by atoms with Crippen molar-refractivity contribution in [3.05, 3.63) is 6.33 Å². The van der Waals surface area contributed by atoms with Crippen LogP contribution in [0.3, 0.4) is 0 Å². The van der Waals surface area contributed by atoms with E-state index in [1.54, 1.807) is 4.57 Å². The van der Waals surface area contributed by atoms with Crippen LogP contribution in [0.5, 0.6) is 0 Å². The summed E-state index contributed by atoms with van der Waals surface area (Å²) in [6, 6.07) is 0.338. The van der Waals surface area contributed by atoms with Crippen molar-refractivity contribution in [2.75, 3.05) is 37.6 Å². The Hall–Kier alpha value is -3.20. The van der Waals surface area contributed by atoms with Crippen molar-refractivity contribution in [3.8, 4) is 0 Å². The third-order valence-electron chi connectivity index (χ3n) is 3.99. The molecule has 16 nitrogen and oxygen atoms in total. The molecule has 0 unspecified atom stereocenters. The fourth-order valence-corrected chi connectivity index (χ4v) is 3.41. The Bertz CT molecular complexity index is 988. The van der Waals surface area contributed by atoms with Gasteiger partial charge in [-0.25, -0.2) is 14.6 Å². The number of anilines is 2. The van der Waals surface area contributed by atoms with Gasteiger partial charge in [0.2, 0.25) is 19.5 Å². The van der Waals surface area contributed by atoms with E-state index in [-0.39, 0.29) is 19.1 Å². The molecular weight excluding hydrogens is 455 g/mol. The zero-order valence-corrected chi connectivity index (χ0v) is 17.5. The molecule has 17 heteroatoms. The second-order valence-corrected chi connectivity index (χ2v) is 8.42. The number of aromatic nitrogens is 4. The highest BCUT2D eigenvalue weighted by Crippen LogP contribution is 2.48. The van der Waals surface area contributed by atoms with Crippen LogP contribution in [0.1, 0.15) is 12.8 Å². The van der Waals surface area contributed by atoms with Crippen LogP contribution in [-0.2, 0) is 34.4 Å². The van der Waals surface area contributed by atoms with Crippen molar-refractivity contribution in [1.29, 1.82) is 0 Å². The Morgan fingerprint density at radius 3 is 2.44 bits per heavy atom. The molecule has 3 rings (SSSR count).